The van der Waals surface area contributed by atoms with Crippen LogP contribution in [0.2, 0.25) is 0 Å². The van der Waals surface area contributed by atoms with E-state index in [1.165, 1.54) is 0 Å². The van der Waals surface area contributed by atoms with Crippen molar-refractivity contribution in [3.8, 4) is 0 Å². The van der Waals surface area contributed by atoms with Gasteiger partial charge in [-0.25, -0.2) is 0 Å². The van der Waals surface area contributed by atoms with Gasteiger partial charge in [0, 0.05) is 13.0 Å². The minimum Gasteiger partial charge on any atom is -0.481 e. The van der Waals surface area contributed by atoms with Crippen LogP contribution in [0.25, 0.3) is 0 Å². The number of amides is 1. The van der Waals surface area contributed by atoms with Crippen LogP contribution in [0.15, 0.2) is 16.8 Å². The van der Waals surface area contributed by atoms with E-state index in [1.54, 1.807) is 11.3 Å². The summed E-state index contributed by atoms with van der Waals surface area (Å²) < 4.78 is 0. The Morgan fingerprint density at radius 2 is 2.12 bits per heavy atom. The van der Waals surface area contributed by atoms with E-state index in [0.29, 0.717) is 19.4 Å². The van der Waals surface area contributed by atoms with Crippen LogP contribution >= 0.6 is 11.3 Å². The van der Waals surface area contributed by atoms with Gasteiger partial charge in [-0.3, -0.25) is 9.59 Å². The fourth-order valence-electron chi connectivity index (χ4n) is 1.45. The molecule has 0 aliphatic rings. The molecular formula is C12H17NO3S. The number of carboxylic acids is 1. The first-order valence-electron chi connectivity index (χ1n) is 5.68. The van der Waals surface area contributed by atoms with Crippen LogP contribution in [0.1, 0.15) is 31.2 Å². The zero-order chi connectivity index (χ0) is 12.5. The number of aliphatic carboxylic acids is 1. The number of nitrogens with one attached hydrogen (secondary N) is 1. The second-order valence-corrected chi connectivity index (χ2v) is 4.64. The molecule has 0 aliphatic carbocycles. The third-order valence-corrected chi connectivity index (χ3v) is 3.07. The van der Waals surface area contributed by atoms with E-state index in [4.69, 9.17) is 5.11 Å². The number of hydrogen-bond donors (Lipinski definition) is 2. The average molecular weight is 255 g/mol. The lowest BCUT2D eigenvalue weighted by molar-refractivity contribution is -0.137. The molecule has 0 radical (unpaired) electrons. The highest BCUT2D eigenvalue weighted by atomic mass is 32.1. The van der Waals surface area contributed by atoms with Gasteiger partial charge < -0.3 is 10.4 Å². The third-order valence-electron chi connectivity index (χ3n) is 2.33. The predicted octanol–water partition coefficient (Wildman–Crippen LogP) is 2.05. The molecule has 4 nitrogen and oxygen atoms in total. The number of carboxylic acid groups (broad SMARTS) is 1. The second kappa shape index (κ2) is 7.84. The van der Waals surface area contributed by atoms with Gasteiger partial charge in [0.2, 0.25) is 5.91 Å². The Morgan fingerprint density at radius 3 is 2.76 bits per heavy atom. The maximum absolute atomic E-state index is 11.5. The topological polar surface area (TPSA) is 66.4 Å². The van der Waals surface area contributed by atoms with Crippen molar-refractivity contribution >= 4 is 23.2 Å². The molecule has 0 aromatic carbocycles. The molecule has 1 aromatic rings. The molecule has 94 valence electrons. The zero-order valence-corrected chi connectivity index (χ0v) is 10.5. The summed E-state index contributed by atoms with van der Waals surface area (Å²) in [6.45, 7) is 0.628. The summed E-state index contributed by atoms with van der Waals surface area (Å²) in [5, 5.41) is 15.2. The number of rotatable bonds is 8. The molecule has 0 unspecified atom stereocenters. The monoisotopic (exact) mass is 255 g/mol. The van der Waals surface area contributed by atoms with Crippen LogP contribution in [-0.2, 0) is 16.0 Å². The van der Waals surface area contributed by atoms with Gasteiger partial charge in [0.15, 0.2) is 0 Å². The predicted molar refractivity (Wildman–Crippen MR) is 67.1 cm³/mol. The molecule has 1 heterocycles. The SMILES string of the molecule is O=C(O)CCCCCNC(=O)Cc1ccsc1. The quantitative estimate of drug-likeness (QED) is 0.699. The summed E-state index contributed by atoms with van der Waals surface area (Å²) in [6, 6.07) is 1.94. The first kappa shape index (κ1) is 13.7. The summed E-state index contributed by atoms with van der Waals surface area (Å²) in [6.07, 6.45) is 2.99. The summed E-state index contributed by atoms with van der Waals surface area (Å²) >= 11 is 1.58. The highest BCUT2D eigenvalue weighted by Crippen LogP contribution is 2.06. The lowest BCUT2D eigenvalue weighted by Gasteiger charge is -2.03. The zero-order valence-electron chi connectivity index (χ0n) is 9.65. The minimum atomic E-state index is -0.758. The van der Waals surface area contributed by atoms with E-state index in [1.807, 2.05) is 16.8 Å². The molecule has 0 saturated carbocycles. The molecule has 5 heteroatoms. The standard InChI is InChI=1S/C12H17NO3S/c14-11(8-10-5-7-17-9-10)13-6-3-1-2-4-12(15)16/h5,7,9H,1-4,6,8H2,(H,13,14)(H,15,16). The van der Waals surface area contributed by atoms with Crippen molar-refractivity contribution in [3.63, 3.8) is 0 Å². The summed E-state index contributed by atoms with van der Waals surface area (Å²) in [5.74, 6) is -0.729. The molecule has 0 aliphatic heterocycles. The second-order valence-electron chi connectivity index (χ2n) is 3.86. The first-order valence-corrected chi connectivity index (χ1v) is 6.62. The van der Waals surface area contributed by atoms with Crippen LogP contribution in [0.5, 0.6) is 0 Å². The smallest absolute Gasteiger partial charge is 0.303 e. The molecule has 0 spiro atoms. The maximum atomic E-state index is 11.5. The molecule has 1 amide bonds. The van der Waals surface area contributed by atoms with E-state index in [-0.39, 0.29) is 12.3 Å². The summed E-state index contributed by atoms with van der Waals surface area (Å²) in [7, 11) is 0. The lowest BCUT2D eigenvalue weighted by Crippen LogP contribution is -2.25. The van der Waals surface area contributed by atoms with Crippen LogP contribution in [-0.4, -0.2) is 23.5 Å². The Kier molecular flexibility index (Phi) is 6.32. The minimum absolute atomic E-state index is 0.0293. The van der Waals surface area contributed by atoms with Gasteiger partial charge in [-0.05, 0) is 35.2 Å². The third kappa shape index (κ3) is 6.73. The fraction of sp³-hybridized carbons (Fsp3) is 0.500. The highest BCUT2D eigenvalue weighted by molar-refractivity contribution is 7.07. The van der Waals surface area contributed by atoms with Gasteiger partial charge in [-0.2, -0.15) is 11.3 Å². The first-order chi connectivity index (χ1) is 8.18. The summed E-state index contributed by atoms with van der Waals surface area (Å²) in [5.41, 5.74) is 1.04. The Bertz CT molecular complexity index is 349. The summed E-state index contributed by atoms with van der Waals surface area (Å²) in [4.78, 5) is 21.7. The van der Waals surface area contributed by atoms with Crippen LogP contribution in [0.3, 0.4) is 0 Å². The Morgan fingerprint density at radius 1 is 1.29 bits per heavy atom. The Balaban J connectivity index is 1.99. The van der Waals surface area contributed by atoms with E-state index < -0.39 is 5.97 Å². The van der Waals surface area contributed by atoms with Gasteiger partial charge in [-0.1, -0.05) is 6.42 Å². The number of carbonyl (C=O) groups is 2. The molecule has 0 saturated heterocycles. The lowest BCUT2D eigenvalue weighted by atomic mass is 10.2. The number of hydrogen-bond acceptors (Lipinski definition) is 3. The van der Waals surface area contributed by atoms with Crippen molar-refractivity contribution in [1.82, 2.24) is 5.32 Å². The van der Waals surface area contributed by atoms with Crippen LogP contribution in [0.4, 0.5) is 0 Å². The van der Waals surface area contributed by atoms with Crippen LogP contribution < -0.4 is 5.32 Å². The molecule has 2 N–H and O–H groups in total. The average Bonchev–Trinajstić information content (AvgIpc) is 2.75. The van der Waals surface area contributed by atoms with E-state index in [9.17, 15) is 9.59 Å². The number of carbonyl (C=O) groups excluding carboxylic acids is 1. The van der Waals surface area contributed by atoms with Crippen LogP contribution in [0, 0.1) is 0 Å². The van der Waals surface area contributed by atoms with Gasteiger partial charge in [-0.15, -0.1) is 0 Å². The molecule has 0 fully saturated rings. The largest absolute Gasteiger partial charge is 0.481 e. The van der Waals surface area contributed by atoms with Gasteiger partial charge in [0.1, 0.15) is 0 Å². The van der Waals surface area contributed by atoms with Crippen molar-refractivity contribution in [3.05, 3.63) is 22.4 Å². The van der Waals surface area contributed by atoms with Gasteiger partial charge in [0.05, 0.1) is 6.42 Å². The highest BCUT2D eigenvalue weighted by Gasteiger charge is 2.02. The molecule has 1 rings (SSSR count). The van der Waals surface area contributed by atoms with Crippen molar-refractivity contribution in [2.24, 2.45) is 0 Å². The van der Waals surface area contributed by atoms with E-state index in [2.05, 4.69) is 5.32 Å². The van der Waals surface area contributed by atoms with Crippen molar-refractivity contribution in [2.75, 3.05) is 6.54 Å². The van der Waals surface area contributed by atoms with Crippen molar-refractivity contribution in [2.45, 2.75) is 32.1 Å². The van der Waals surface area contributed by atoms with Crippen molar-refractivity contribution < 1.29 is 14.7 Å². The van der Waals surface area contributed by atoms with Gasteiger partial charge >= 0.3 is 5.97 Å². The maximum Gasteiger partial charge on any atom is 0.303 e. The molecule has 0 atom stereocenters. The number of unbranched alkanes of at least 4 members (excludes halogenated alkanes) is 2. The Hall–Kier alpha value is -1.36. The molecule has 1 aromatic heterocycles. The normalized spacial score (nSPS) is 10.1. The molecular weight excluding hydrogens is 238 g/mol. The Labute approximate surface area is 105 Å². The number of thiophene rings is 1. The molecule has 0 bridgehead atoms. The molecule has 17 heavy (non-hydrogen) atoms. The van der Waals surface area contributed by atoms with Gasteiger partial charge in [0.25, 0.3) is 0 Å². The fourth-order valence-corrected chi connectivity index (χ4v) is 2.12. The van der Waals surface area contributed by atoms with E-state index >= 15 is 0 Å². The van der Waals surface area contributed by atoms with Crippen molar-refractivity contribution in [1.29, 1.82) is 0 Å². The van der Waals surface area contributed by atoms with E-state index in [0.717, 1.165) is 18.4 Å².